The van der Waals surface area contributed by atoms with E-state index in [1.165, 1.54) is 0 Å². The Bertz CT molecular complexity index is 257. The van der Waals surface area contributed by atoms with Gasteiger partial charge in [-0.25, -0.2) is 9.97 Å². The summed E-state index contributed by atoms with van der Waals surface area (Å²) in [6.45, 7) is 5.17. The molecule has 0 saturated heterocycles. The van der Waals surface area contributed by atoms with Gasteiger partial charge in [0.05, 0.1) is 0 Å². The van der Waals surface area contributed by atoms with Crippen molar-refractivity contribution < 1.29 is 0 Å². The Kier molecular flexibility index (Phi) is 4.32. The molecule has 1 aromatic rings. The lowest BCUT2D eigenvalue weighted by Crippen LogP contribution is -2.24. The molecule has 78 valence electrons. The monoisotopic (exact) mass is 194 g/mol. The molecule has 4 heteroatoms. The maximum atomic E-state index is 4.14. The van der Waals surface area contributed by atoms with E-state index in [1.807, 2.05) is 19.4 Å². The SMILES string of the molecule is CC[C@@H](C)NCc1cnc(NC)nc1. The summed E-state index contributed by atoms with van der Waals surface area (Å²) in [6, 6.07) is 0.541. The molecule has 1 aromatic heterocycles. The van der Waals surface area contributed by atoms with Gasteiger partial charge in [0.2, 0.25) is 5.95 Å². The van der Waals surface area contributed by atoms with E-state index in [0.29, 0.717) is 12.0 Å². The highest BCUT2D eigenvalue weighted by atomic mass is 15.1. The number of nitrogens with one attached hydrogen (secondary N) is 2. The van der Waals surface area contributed by atoms with Crippen molar-refractivity contribution in [3.05, 3.63) is 18.0 Å². The Labute approximate surface area is 85.2 Å². The summed E-state index contributed by atoms with van der Waals surface area (Å²) in [6.07, 6.45) is 4.82. The second-order valence-electron chi connectivity index (χ2n) is 3.36. The quantitative estimate of drug-likeness (QED) is 0.744. The molecule has 0 aliphatic carbocycles. The fourth-order valence-corrected chi connectivity index (χ4v) is 1.01. The highest BCUT2D eigenvalue weighted by Crippen LogP contribution is 1.99. The predicted octanol–water partition coefficient (Wildman–Crippen LogP) is 1.41. The summed E-state index contributed by atoms with van der Waals surface area (Å²) < 4.78 is 0. The van der Waals surface area contributed by atoms with E-state index in [9.17, 15) is 0 Å². The first-order valence-electron chi connectivity index (χ1n) is 4.98. The third kappa shape index (κ3) is 3.30. The van der Waals surface area contributed by atoms with Crippen LogP contribution in [0.4, 0.5) is 5.95 Å². The Morgan fingerprint density at radius 2 is 2.00 bits per heavy atom. The Morgan fingerprint density at radius 3 is 2.50 bits per heavy atom. The molecule has 0 aliphatic rings. The fourth-order valence-electron chi connectivity index (χ4n) is 1.01. The largest absolute Gasteiger partial charge is 0.357 e. The first-order chi connectivity index (χ1) is 6.76. The molecular weight excluding hydrogens is 176 g/mol. The van der Waals surface area contributed by atoms with Gasteiger partial charge in [-0.15, -0.1) is 0 Å². The van der Waals surface area contributed by atoms with Crippen molar-refractivity contribution in [2.45, 2.75) is 32.9 Å². The number of aromatic nitrogens is 2. The van der Waals surface area contributed by atoms with Crippen molar-refractivity contribution in [2.75, 3.05) is 12.4 Å². The van der Waals surface area contributed by atoms with Gasteiger partial charge in [-0.3, -0.25) is 0 Å². The predicted molar refractivity (Wildman–Crippen MR) is 58.2 cm³/mol. The summed E-state index contributed by atoms with van der Waals surface area (Å²) in [5.74, 6) is 0.664. The van der Waals surface area contributed by atoms with Crippen LogP contribution in [0.15, 0.2) is 12.4 Å². The first-order valence-corrected chi connectivity index (χ1v) is 4.98. The minimum Gasteiger partial charge on any atom is -0.357 e. The molecule has 0 aromatic carbocycles. The highest BCUT2D eigenvalue weighted by Gasteiger charge is 1.99. The zero-order chi connectivity index (χ0) is 10.4. The molecule has 1 atom stereocenters. The molecule has 1 heterocycles. The van der Waals surface area contributed by atoms with Crippen LogP contribution in [0.1, 0.15) is 25.8 Å². The molecule has 2 N–H and O–H groups in total. The number of rotatable bonds is 5. The van der Waals surface area contributed by atoms with Crippen LogP contribution in [0, 0.1) is 0 Å². The lowest BCUT2D eigenvalue weighted by atomic mass is 10.2. The first kappa shape index (κ1) is 10.9. The van der Waals surface area contributed by atoms with Gasteiger partial charge in [-0.1, -0.05) is 6.92 Å². The summed E-state index contributed by atoms with van der Waals surface area (Å²) >= 11 is 0. The van der Waals surface area contributed by atoms with Crippen LogP contribution in [-0.2, 0) is 6.54 Å². The van der Waals surface area contributed by atoms with Gasteiger partial charge >= 0.3 is 0 Å². The molecule has 0 fully saturated rings. The third-order valence-electron chi connectivity index (χ3n) is 2.20. The number of anilines is 1. The molecule has 0 bridgehead atoms. The maximum Gasteiger partial charge on any atom is 0.222 e. The van der Waals surface area contributed by atoms with Crippen molar-refractivity contribution in [3.63, 3.8) is 0 Å². The Balaban J connectivity index is 2.43. The molecule has 1 rings (SSSR count). The van der Waals surface area contributed by atoms with Gasteiger partial charge in [-0.2, -0.15) is 0 Å². The van der Waals surface area contributed by atoms with E-state index in [2.05, 4.69) is 34.4 Å². The lowest BCUT2D eigenvalue weighted by molar-refractivity contribution is 0.533. The minimum absolute atomic E-state index is 0.541. The smallest absolute Gasteiger partial charge is 0.222 e. The van der Waals surface area contributed by atoms with Crippen LogP contribution in [0.5, 0.6) is 0 Å². The molecule has 0 unspecified atom stereocenters. The van der Waals surface area contributed by atoms with Crippen LogP contribution in [-0.4, -0.2) is 23.1 Å². The van der Waals surface area contributed by atoms with Gasteiger partial charge in [-0.05, 0) is 13.3 Å². The van der Waals surface area contributed by atoms with E-state index < -0.39 is 0 Å². The Hall–Kier alpha value is -1.16. The summed E-state index contributed by atoms with van der Waals surface area (Å²) in [4.78, 5) is 8.28. The van der Waals surface area contributed by atoms with Crippen molar-refractivity contribution in [3.8, 4) is 0 Å². The third-order valence-corrected chi connectivity index (χ3v) is 2.20. The summed E-state index contributed by atoms with van der Waals surface area (Å²) in [5.41, 5.74) is 1.12. The van der Waals surface area contributed by atoms with E-state index in [4.69, 9.17) is 0 Å². The average Bonchev–Trinajstić information content (AvgIpc) is 2.26. The van der Waals surface area contributed by atoms with Crippen molar-refractivity contribution in [1.29, 1.82) is 0 Å². The molecule has 0 radical (unpaired) electrons. The molecule has 14 heavy (non-hydrogen) atoms. The van der Waals surface area contributed by atoms with Gasteiger partial charge in [0.15, 0.2) is 0 Å². The Morgan fingerprint density at radius 1 is 1.36 bits per heavy atom. The fraction of sp³-hybridized carbons (Fsp3) is 0.600. The van der Waals surface area contributed by atoms with Crippen molar-refractivity contribution in [1.82, 2.24) is 15.3 Å². The van der Waals surface area contributed by atoms with E-state index in [1.54, 1.807) is 0 Å². The van der Waals surface area contributed by atoms with Crippen LogP contribution in [0.25, 0.3) is 0 Å². The molecule has 0 spiro atoms. The zero-order valence-electron chi connectivity index (χ0n) is 9.04. The molecule has 0 amide bonds. The molecule has 0 aliphatic heterocycles. The van der Waals surface area contributed by atoms with Gasteiger partial charge in [0.25, 0.3) is 0 Å². The zero-order valence-corrected chi connectivity index (χ0v) is 9.04. The molecule has 4 nitrogen and oxygen atoms in total. The second-order valence-corrected chi connectivity index (χ2v) is 3.36. The minimum atomic E-state index is 0.541. The summed E-state index contributed by atoms with van der Waals surface area (Å²) in [7, 11) is 1.81. The molecular formula is C10H18N4. The van der Waals surface area contributed by atoms with Crippen LogP contribution < -0.4 is 10.6 Å². The van der Waals surface area contributed by atoms with Crippen LogP contribution >= 0.6 is 0 Å². The molecule has 0 saturated carbocycles. The number of nitrogens with zero attached hydrogens (tertiary/aromatic N) is 2. The van der Waals surface area contributed by atoms with Crippen LogP contribution in [0.3, 0.4) is 0 Å². The van der Waals surface area contributed by atoms with Crippen molar-refractivity contribution >= 4 is 5.95 Å². The summed E-state index contributed by atoms with van der Waals surface area (Å²) in [5, 5.41) is 6.27. The lowest BCUT2D eigenvalue weighted by Gasteiger charge is -2.10. The topological polar surface area (TPSA) is 49.8 Å². The standard InChI is InChI=1S/C10H18N4/c1-4-8(2)12-5-9-6-13-10(11-3)14-7-9/h6-8,12H,4-5H2,1-3H3,(H,11,13,14)/t8-/m1/s1. The number of hydrogen-bond donors (Lipinski definition) is 2. The van der Waals surface area contributed by atoms with E-state index in [-0.39, 0.29) is 0 Å². The van der Waals surface area contributed by atoms with Gasteiger partial charge in [0, 0.05) is 37.6 Å². The van der Waals surface area contributed by atoms with Gasteiger partial charge < -0.3 is 10.6 Å². The van der Waals surface area contributed by atoms with Crippen LogP contribution in [0.2, 0.25) is 0 Å². The van der Waals surface area contributed by atoms with E-state index >= 15 is 0 Å². The van der Waals surface area contributed by atoms with E-state index in [0.717, 1.165) is 18.5 Å². The average molecular weight is 194 g/mol. The van der Waals surface area contributed by atoms with Gasteiger partial charge in [0.1, 0.15) is 0 Å². The maximum absolute atomic E-state index is 4.14. The second kappa shape index (κ2) is 5.54. The highest BCUT2D eigenvalue weighted by molar-refractivity contribution is 5.22. The number of hydrogen-bond acceptors (Lipinski definition) is 4. The van der Waals surface area contributed by atoms with Crippen molar-refractivity contribution in [2.24, 2.45) is 0 Å². The normalized spacial score (nSPS) is 12.5.